The fraction of sp³-hybridized carbons (Fsp3) is 0.500. The van der Waals surface area contributed by atoms with Gasteiger partial charge in [0.15, 0.2) is 0 Å². The van der Waals surface area contributed by atoms with Crippen molar-refractivity contribution in [3.05, 3.63) is 18.2 Å². The van der Waals surface area contributed by atoms with Crippen LogP contribution < -0.4 is 16.8 Å². The highest BCUT2D eigenvalue weighted by molar-refractivity contribution is 5.69. The number of nitrogens with two attached hydrogens (primary N) is 2. The van der Waals surface area contributed by atoms with Gasteiger partial charge in [0.05, 0.1) is 11.4 Å². The van der Waals surface area contributed by atoms with Crippen molar-refractivity contribution >= 4 is 17.1 Å². The predicted octanol–water partition coefficient (Wildman–Crippen LogP) is 2.45. The minimum absolute atomic E-state index is 0.155. The molecule has 3 heteroatoms. The Morgan fingerprint density at radius 2 is 1.87 bits per heavy atom. The van der Waals surface area contributed by atoms with Crippen molar-refractivity contribution in [1.82, 2.24) is 0 Å². The molecule has 1 fully saturated rings. The lowest BCUT2D eigenvalue weighted by molar-refractivity contribution is 0.494. The van der Waals surface area contributed by atoms with Gasteiger partial charge < -0.3 is 16.8 Å². The standard InChI is InChI=1S/C12H19N3/c1-12(2,8-3-4-8)15-9-5-6-10(13)11(14)7-9/h5-8,15H,3-4,13-14H2,1-2H3. The third kappa shape index (κ3) is 2.17. The first-order valence-corrected chi connectivity index (χ1v) is 5.42. The molecule has 0 spiro atoms. The van der Waals surface area contributed by atoms with Gasteiger partial charge in [0, 0.05) is 11.2 Å². The van der Waals surface area contributed by atoms with Crippen LogP contribution in [0.3, 0.4) is 0 Å². The molecule has 1 aliphatic rings. The molecule has 0 unspecified atom stereocenters. The van der Waals surface area contributed by atoms with Crippen LogP contribution >= 0.6 is 0 Å². The van der Waals surface area contributed by atoms with E-state index < -0.39 is 0 Å². The molecule has 0 heterocycles. The lowest BCUT2D eigenvalue weighted by atomic mass is 9.98. The van der Waals surface area contributed by atoms with Crippen LogP contribution in [0.1, 0.15) is 26.7 Å². The summed E-state index contributed by atoms with van der Waals surface area (Å²) < 4.78 is 0. The highest BCUT2D eigenvalue weighted by Gasteiger charge is 2.37. The largest absolute Gasteiger partial charge is 0.397 e. The van der Waals surface area contributed by atoms with Crippen molar-refractivity contribution in [2.45, 2.75) is 32.2 Å². The zero-order valence-corrected chi connectivity index (χ0v) is 9.38. The molecule has 0 aliphatic heterocycles. The van der Waals surface area contributed by atoms with Crippen molar-refractivity contribution in [3.8, 4) is 0 Å². The Kier molecular flexibility index (Phi) is 2.25. The summed E-state index contributed by atoms with van der Waals surface area (Å²) in [4.78, 5) is 0. The Labute approximate surface area is 90.8 Å². The normalized spacial score (nSPS) is 16.4. The van der Waals surface area contributed by atoms with E-state index in [4.69, 9.17) is 11.5 Å². The smallest absolute Gasteiger partial charge is 0.0568 e. The van der Waals surface area contributed by atoms with E-state index >= 15 is 0 Å². The molecule has 0 radical (unpaired) electrons. The Morgan fingerprint density at radius 1 is 1.20 bits per heavy atom. The van der Waals surface area contributed by atoms with Gasteiger partial charge in [0.2, 0.25) is 0 Å². The van der Waals surface area contributed by atoms with E-state index in [2.05, 4.69) is 19.2 Å². The molecule has 82 valence electrons. The maximum atomic E-state index is 5.77. The molecular weight excluding hydrogens is 186 g/mol. The van der Waals surface area contributed by atoms with Crippen LogP contribution in [0, 0.1) is 5.92 Å². The van der Waals surface area contributed by atoms with E-state index in [1.165, 1.54) is 12.8 Å². The highest BCUT2D eigenvalue weighted by Crippen LogP contribution is 2.41. The molecule has 0 saturated heterocycles. The van der Waals surface area contributed by atoms with Crippen LogP contribution in [-0.4, -0.2) is 5.54 Å². The number of nitrogen functional groups attached to an aromatic ring is 2. The lowest BCUT2D eigenvalue weighted by Crippen LogP contribution is -2.33. The molecule has 1 aliphatic carbocycles. The molecular formula is C12H19N3. The van der Waals surface area contributed by atoms with Crippen LogP contribution in [0.2, 0.25) is 0 Å². The Hall–Kier alpha value is -1.38. The zero-order valence-electron chi connectivity index (χ0n) is 9.38. The summed E-state index contributed by atoms with van der Waals surface area (Å²) in [5.41, 5.74) is 13.9. The van der Waals surface area contributed by atoms with Crippen molar-refractivity contribution in [2.75, 3.05) is 16.8 Å². The summed E-state index contributed by atoms with van der Waals surface area (Å²) >= 11 is 0. The molecule has 1 saturated carbocycles. The Balaban J connectivity index is 2.13. The van der Waals surface area contributed by atoms with Crippen LogP contribution in [0.15, 0.2) is 18.2 Å². The molecule has 0 aromatic heterocycles. The number of hydrogen-bond acceptors (Lipinski definition) is 3. The number of hydrogen-bond donors (Lipinski definition) is 3. The maximum absolute atomic E-state index is 5.77. The van der Waals surface area contributed by atoms with Crippen LogP contribution in [0.5, 0.6) is 0 Å². The van der Waals surface area contributed by atoms with E-state index in [0.29, 0.717) is 11.4 Å². The van der Waals surface area contributed by atoms with E-state index in [1.807, 2.05) is 18.2 Å². The predicted molar refractivity (Wildman–Crippen MR) is 65.7 cm³/mol. The molecule has 3 nitrogen and oxygen atoms in total. The molecule has 5 N–H and O–H groups in total. The van der Waals surface area contributed by atoms with Gasteiger partial charge in [0.25, 0.3) is 0 Å². The van der Waals surface area contributed by atoms with E-state index in [9.17, 15) is 0 Å². The topological polar surface area (TPSA) is 64.1 Å². The third-order valence-corrected chi connectivity index (χ3v) is 3.15. The van der Waals surface area contributed by atoms with Gasteiger partial charge in [-0.1, -0.05) is 0 Å². The van der Waals surface area contributed by atoms with Crippen LogP contribution in [0.4, 0.5) is 17.1 Å². The van der Waals surface area contributed by atoms with Crippen LogP contribution in [-0.2, 0) is 0 Å². The molecule has 1 aromatic rings. The van der Waals surface area contributed by atoms with Gasteiger partial charge in [-0.25, -0.2) is 0 Å². The second-order valence-electron chi connectivity index (χ2n) is 4.96. The third-order valence-electron chi connectivity index (χ3n) is 3.15. The Morgan fingerprint density at radius 3 is 2.40 bits per heavy atom. The van der Waals surface area contributed by atoms with Crippen molar-refractivity contribution < 1.29 is 0 Å². The molecule has 0 atom stereocenters. The second kappa shape index (κ2) is 3.33. The molecule has 0 bridgehead atoms. The maximum Gasteiger partial charge on any atom is 0.0568 e. The summed E-state index contributed by atoms with van der Waals surface area (Å²) in [7, 11) is 0. The number of rotatable bonds is 3. The summed E-state index contributed by atoms with van der Waals surface area (Å²) in [5.74, 6) is 0.788. The number of anilines is 3. The number of nitrogens with one attached hydrogen (secondary N) is 1. The Bertz CT molecular complexity index is 367. The molecule has 0 amide bonds. The fourth-order valence-corrected chi connectivity index (χ4v) is 1.93. The molecule has 15 heavy (non-hydrogen) atoms. The van der Waals surface area contributed by atoms with Gasteiger partial charge in [0.1, 0.15) is 0 Å². The van der Waals surface area contributed by atoms with Gasteiger partial charge in [-0.3, -0.25) is 0 Å². The second-order valence-corrected chi connectivity index (χ2v) is 4.96. The quantitative estimate of drug-likeness (QED) is 0.664. The first-order chi connectivity index (χ1) is 6.99. The van der Waals surface area contributed by atoms with Gasteiger partial charge in [-0.15, -0.1) is 0 Å². The first kappa shape index (κ1) is 10.1. The average Bonchev–Trinajstić information content (AvgIpc) is 2.93. The lowest BCUT2D eigenvalue weighted by Gasteiger charge is -2.27. The minimum atomic E-state index is 0.155. The summed E-state index contributed by atoms with van der Waals surface area (Å²) in [6.07, 6.45) is 2.65. The van der Waals surface area contributed by atoms with Crippen molar-refractivity contribution in [1.29, 1.82) is 0 Å². The molecule has 2 rings (SSSR count). The average molecular weight is 205 g/mol. The van der Waals surface area contributed by atoms with Crippen molar-refractivity contribution in [3.63, 3.8) is 0 Å². The van der Waals surface area contributed by atoms with E-state index in [1.54, 1.807) is 0 Å². The highest BCUT2D eigenvalue weighted by atomic mass is 15.0. The fourth-order valence-electron chi connectivity index (χ4n) is 1.93. The zero-order chi connectivity index (χ0) is 11.1. The first-order valence-electron chi connectivity index (χ1n) is 5.42. The molecule has 1 aromatic carbocycles. The van der Waals surface area contributed by atoms with Gasteiger partial charge in [-0.05, 0) is 50.8 Å². The summed E-state index contributed by atoms with van der Waals surface area (Å²) in [6, 6.07) is 5.73. The van der Waals surface area contributed by atoms with Gasteiger partial charge >= 0.3 is 0 Å². The van der Waals surface area contributed by atoms with E-state index in [0.717, 1.165) is 11.6 Å². The van der Waals surface area contributed by atoms with Crippen LogP contribution in [0.25, 0.3) is 0 Å². The summed E-state index contributed by atoms with van der Waals surface area (Å²) in [6.45, 7) is 4.47. The van der Waals surface area contributed by atoms with Crippen molar-refractivity contribution in [2.24, 2.45) is 5.92 Å². The van der Waals surface area contributed by atoms with Gasteiger partial charge in [-0.2, -0.15) is 0 Å². The number of benzene rings is 1. The minimum Gasteiger partial charge on any atom is -0.397 e. The monoisotopic (exact) mass is 205 g/mol. The summed E-state index contributed by atoms with van der Waals surface area (Å²) in [5, 5.41) is 3.51. The SMILES string of the molecule is CC(C)(Nc1ccc(N)c(N)c1)C1CC1. The van der Waals surface area contributed by atoms with E-state index in [-0.39, 0.29) is 5.54 Å².